The first-order valence-electron chi connectivity index (χ1n) is 7.75. The highest BCUT2D eigenvalue weighted by atomic mass is 16.5. The van der Waals surface area contributed by atoms with Crippen molar-refractivity contribution in [2.24, 2.45) is 11.8 Å². The highest BCUT2D eigenvalue weighted by molar-refractivity contribution is 5.85. The van der Waals surface area contributed by atoms with Crippen LogP contribution in [0.15, 0.2) is 0 Å². The number of likely N-dealkylation sites (tertiary alicyclic amines) is 1. The fourth-order valence-electron chi connectivity index (χ4n) is 3.58. The third kappa shape index (κ3) is 3.32. The minimum atomic E-state index is -0.862. The molecule has 1 saturated heterocycles. The Labute approximate surface area is 120 Å². The zero-order valence-corrected chi connectivity index (χ0v) is 12.2. The van der Waals surface area contributed by atoms with Crippen molar-refractivity contribution in [3.05, 3.63) is 0 Å². The van der Waals surface area contributed by atoms with Gasteiger partial charge in [-0.1, -0.05) is 26.2 Å². The molecule has 1 N–H and O–H groups in total. The van der Waals surface area contributed by atoms with Crippen LogP contribution in [0.25, 0.3) is 0 Å². The number of nitrogens with zero attached hydrogens (tertiary/aromatic N) is 1. The van der Waals surface area contributed by atoms with Crippen LogP contribution < -0.4 is 0 Å². The van der Waals surface area contributed by atoms with Crippen LogP contribution in [0.4, 0.5) is 0 Å². The third-order valence-corrected chi connectivity index (χ3v) is 4.58. The van der Waals surface area contributed by atoms with Crippen molar-refractivity contribution in [3.63, 3.8) is 0 Å². The molecule has 5 nitrogen and oxygen atoms in total. The number of rotatable bonds is 7. The van der Waals surface area contributed by atoms with Crippen LogP contribution in [0.1, 0.15) is 45.4 Å². The molecule has 2 rings (SSSR count). The van der Waals surface area contributed by atoms with Crippen molar-refractivity contribution in [3.8, 4) is 0 Å². The molecule has 20 heavy (non-hydrogen) atoms. The molecule has 1 amide bonds. The van der Waals surface area contributed by atoms with Crippen LogP contribution in [0.5, 0.6) is 0 Å². The fraction of sp³-hybridized carbons (Fsp3) is 0.867. The molecular formula is C15H25NO4. The maximum atomic E-state index is 12.2. The second-order valence-electron chi connectivity index (χ2n) is 5.94. The number of amides is 1. The summed E-state index contributed by atoms with van der Waals surface area (Å²) >= 11 is 0. The summed E-state index contributed by atoms with van der Waals surface area (Å²) < 4.78 is 5.38. The lowest BCUT2D eigenvalue weighted by molar-refractivity contribution is -0.151. The van der Waals surface area contributed by atoms with Crippen LogP contribution in [0.3, 0.4) is 0 Å². The molecule has 2 fully saturated rings. The maximum absolute atomic E-state index is 12.2. The van der Waals surface area contributed by atoms with Crippen LogP contribution in [-0.4, -0.2) is 47.7 Å². The number of fused-ring (bicyclic) bond motifs is 1. The van der Waals surface area contributed by atoms with E-state index >= 15 is 0 Å². The Kier molecular flexibility index (Phi) is 5.40. The maximum Gasteiger partial charge on any atom is 0.326 e. The van der Waals surface area contributed by atoms with Gasteiger partial charge in [0.2, 0.25) is 5.91 Å². The van der Waals surface area contributed by atoms with Crippen molar-refractivity contribution >= 4 is 11.9 Å². The summed E-state index contributed by atoms with van der Waals surface area (Å²) in [7, 11) is 0. The van der Waals surface area contributed by atoms with Gasteiger partial charge in [0.1, 0.15) is 12.6 Å². The van der Waals surface area contributed by atoms with E-state index in [4.69, 9.17) is 4.74 Å². The van der Waals surface area contributed by atoms with Gasteiger partial charge in [-0.25, -0.2) is 4.79 Å². The summed E-state index contributed by atoms with van der Waals surface area (Å²) in [5, 5.41) is 9.39. The molecule has 5 heteroatoms. The van der Waals surface area contributed by atoms with Gasteiger partial charge in [0.05, 0.1) is 0 Å². The van der Waals surface area contributed by atoms with Crippen molar-refractivity contribution in [1.29, 1.82) is 0 Å². The Morgan fingerprint density at radius 3 is 2.80 bits per heavy atom. The number of hydrogen-bond donors (Lipinski definition) is 1. The number of ether oxygens (including phenoxy) is 1. The number of hydrogen-bond acceptors (Lipinski definition) is 3. The minimum absolute atomic E-state index is 0.0208. The normalized spacial score (nSPS) is 28.6. The van der Waals surface area contributed by atoms with Crippen LogP contribution >= 0.6 is 0 Å². The molecule has 2 aliphatic rings. The lowest BCUT2D eigenvalue weighted by Gasteiger charge is -2.24. The van der Waals surface area contributed by atoms with E-state index in [0.29, 0.717) is 19.1 Å². The van der Waals surface area contributed by atoms with E-state index in [1.807, 2.05) is 0 Å². The quantitative estimate of drug-likeness (QED) is 0.725. The van der Waals surface area contributed by atoms with E-state index in [9.17, 15) is 14.7 Å². The van der Waals surface area contributed by atoms with Gasteiger partial charge in [0.15, 0.2) is 0 Å². The first-order valence-corrected chi connectivity index (χ1v) is 7.75. The Hall–Kier alpha value is -1.10. The summed E-state index contributed by atoms with van der Waals surface area (Å²) in [6.07, 6.45) is 6.25. The van der Waals surface area contributed by atoms with Gasteiger partial charge in [-0.15, -0.1) is 0 Å². The van der Waals surface area contributed by atoms with E-state index < -0.39 is 12.0 Å². The van der Waals surface area contributed by atoms with Crippen LogP contribution in [0.2, 0.25) is 0 Å². The first kappa shape index (κ1) is 15.3. The third-order valence-electron chi connectivity index (χ3n) is 4.58. The summed E-state index contributed by atoms with van der Waals surface area (Å²) in [6, 6.07) is -0.630. The van der Waals surface area contributed by atoms with Gasteiger partial charge in [-0.2, -0.15) is 0 Å². The van der Waals surface area contributed by atoms with Gasteiger partial charge in [0.25, 0.3) is 0 Å². The molecule has 0 bridgehead atoms. The first-order chi connectivity index (χ1) is 9.65. The summed E-state index contributed by atoms with van der Waals surface area (Å²) in [6.45, 7) is 3.31. The summed E-state index contributed by atoms with van der Waals surface area (Å²) in [5.41, 5.74) is 0. The predicted molar refractivity (Wildman–Crippen MR) is 74.3 cm³/mol. The second kappa shape index (κ2) is 7.07. The molecule has 0 aromatic rings. The smallest absolute Gasteiger partial charge is 0.326 e. The molecule has 0 aromatic heterocycles. The van der Waals surface area contributed by atoms with Gasteiger partial charge in [-0.05, 0) is 31.1 Å². The predicted octanol–water partition coefficient (Wildman–Crippen LogP) is 1.90. The summed E-state index contributed by atoms with van der Waals surface area (Å²) in [4.78, 5) is 25.1. The molecule has 3 unspecified atom stereocenters. The minimum Gasteiger partial charge on any atom is -0.480 e. The number of carbonyl (C=O) groups excluding carboxylic acids is 1. The molecule has 1 aliphatic carbocycles. The van der Waals surface area contributed by atoms with E-state index in [2.05, 4.69) is 6.92 Å². The van der Waals surface area contributed by atoms with Crippen molar-refractivity contribution in [2.45, 2.75) is 51.5 Å². The highest BCUT2D eigenvalue weighted by Gasteiger charge is 2.49. The second-order valence-corrected chi connectivity index (χ2v) is 5.94. The van der Waals surface area contributed by atoms with E-state index in [1.165, 1.54) is 4.90 Å². The SMILES string of the molecule is CCCCCOCC(=O)N1CC2CCCC2C1C(=O)O. The number of carbonyl (C=O) groups is 2. The molecular weight excluding hydrogens is 258 g/mol. The molecule has 0 spiro atoms. The molecule has 1 saturated carbocycles. The van der Waals surface area contributed by atoms with Crippen molar-refractivity contribution in [1.82, 2.24) is 4.90 Å². The van der Waals surface area contributed by atoms with Gasteiger partial charge in [-0.3, -0.25) is 4.79 Å². The number of carboxylic acids is 1. The lowest BCUT2D eigenvalue weighted by Crippen LogP contribution is -2.44. The molecule has 1 aliphatic heterocycles. The molecule has 0 radical (unpaired) electrons. The molecule has 3 atom stereocenters. The van der Waals surface area contributed by atoms with E-state index in [0.717, 1.165) is 38.5 Å². The standard InChI is InChI=1S/C15H25NO4/c1-2-3-4-8-20-10-13(17)16-9-11-6-5-7-12(11)14(16)15(18)19/h11-12,14H,2-10H2,1H3,(H,18,19). The largest absolute Gasteiger partial charge is 0.480 e. The topological polar surface area (TPSA) is 66.8 Å². The summed E-state index contributed by atoms with van der Waals surface area (Å²) in [5.74, 6) is -0.501. The lowest BCUT2D eigenvalue weighted by atomic mass is 9.94. The monoisotopic (exact) mass is 283 g/mol. The van der Waals surface area contributed by atoms with Gasteiger partial charge in [0, 0.05) is 13.2 Å². The fourth-order valence-corrected chi connectivity index (χ4v) is 3.58. The van der Waals surface area contributed by atoms with E-state index in [-0.39, 0.29) is 18.4 Å². The van der Waals surface area contributed by atoms with Crippen molar-refractivity contribution < 1.29 is 19.4 Å². The van der Waals surface area contributed by atoms with Crippen LogP contribution in [-0.2, 0) is 14.3 Å². The Bertz CT molecular complexity index is 358. The van der Waals surface area contributed by atoms with Crippen LogP contribution in [0, 0.1) is 11.8 Å². The van der Waals surface area contributed by atoms with Gasteiger partial charge < -0.3 is 14.7 Å². The number of unbranched alkanes of at least 4 members (excludes halogenated alkanes) is 2. The number of aliphatic carboxylic acids is 1. The molecule has 114 valence electrons. The molecule has 1 heterocycles. The average molecular weight is 283 g/mol. The zero-order chi connectivity index (χ0) is 14.5. The van der Waals surface area contributed by atoms with Crippen molar-refractivity contribution in [2.75, 3.05) is 19.8 Å². The molecule has 0 aromatic carbocycles. The Morgan fingerprint density at radius 2 is 2.10 bits per heavy atom. The Balaban J connectivity index is 1.84. The van der Waals surface area contributed by atoms with E-state index in [1.54, 1.807) is 0 Å². The number of carboxylic acid groups (broad SMARTS) is 1. The Morgan fingerprint density at radius 1 is 1.30 bits per heavy atom. The highest BCUT2D eigenvalue weighted by Crippen LogP contribution is 2.42. The van der Waals surface area contributed by atoms with Gasteiger partial charge >= 0.3 is 5.97 Å². The average Bonchev–Trinajstić information content (AvgIpc) is 2.97. The zero-order valence-electron chi connectivity index (χ0n) is 12.2.